The van der Waals surface area contributed by atoms with Crippen LogP contribution in [0, 0.1) is 6.92 Å². The SMILES string of the molecule is Cc1nc(CCCC(=O)N2CCC[C@@H](c3nc(-c4ccccc4)n[nH]3)C2)cs1. The van der Waals surface area contributed by atoms with Crippen LogP contribution in [0.2, 0.25) is 0 Å². The Kier molecular flexibility index (Phi) is 5.81. The summed E-state index contributed by atoms with van der Waals surface area (Å²) in [6.07, 6.45) is 4.34. The minimum absolute atomic E-state index is 0.226. The molecule has 1 aromatic carbocycles. The van der Waals surface area contributed by atoms with Crippen molar-refractivity contribution < 1.29 is 4.79 Å². The van der Waals surface area contributed by atoms with Gasteiger partial charge in [-0.15, -0.1) is 11.3 Å². The molecule has 0 spiro atoms. The maximum atomic E-state index is 12.7. The predicted molar refractivity (Wildman–Crippen MR) is 110 cm³/mol. The van der Waals surface area contributed by atoms with Gasteiger partial charge in [0.1, 0.15) is 5.82 Å². The maximum absolute atomic E-state index is 12.7. The van der Waals surface area contributed by atoms with Crippen molar-refractivity contribution in [2.75, 3.05) is 13.1 Å². The number of hydrogen-bond donors (Lipinski definition) is 1. The van der Waals surface area contributed by atoms with Crippen LogP contribution in [-0.4, -0.2) is 44.1 Å². The Labute approximate surface area is 169 Å². The lowest BCUT2D eigenvalue weighted by molar-refractivity contribution is -0.132. The summed E-state index contributed by atoms with van der Waals surface area (Å²) in [5.41, 5.74) is 2.10. The largest absolute Gasteiger partial charge is 0.342 e. The van der Waals surface area contributed by atoms with E-state index in [0.29, 0.717) is 6.42 Å². The van der Waals surface area contributed by atoms with Gasteiger partial charge in [0, 0.05) is 36.4 Å². The number of amides is 1. The van der Waals surface area contributed by atoms with Crippen LogP contribution < -0.4 is 0 Å². The van der Waals surface area contributed by atoms with E-state index in [1.807, 2.05) is 42.2 Å². The summed E-state index contributed by atoms with van der Waals surface area (Å²) in [5, 5.41) is 10.6. The fourth-order valence-corrected chi connectivity index (χ4v) is 4.35. The number of aromatic nitrogens is 4. The fourth-order valence-electron chi connectivity index (χ4n) is 3.70. The Morgan fingerprint density at radius 2 is 2.14 bits per heavy atom. The van der Waals surface area contributed by atoms with Gasteiger partial charge < -0.3 is 4.90 Å². The summed E-state index contributed by atoms with van der Waals surface area (Å²) in [6.45, 7) is 3.57. The zero-order valence-corrected chi connectivity index (χ0v) is 16.9. The van der Waals surface area contributed by atoms with Crippen molar-refractivity contribution in [1.82, 2.24) is 25.1 Å². The minimum atomic E-state index is 0.226. The number of thiazole rings is 1. The Hall–Kier alpha value is -2.54. The molecule has 7 heteroatoms. The molecule has 1 N–H and O–H groups in total. The Morgan fingerprint density at radius 1 is 1.29 bits per heavy atom. The Balaban J connectivity index is 1.32. The van der Waals surface area contributed by atoms with Crippen molar-refractivity contribution in [3.05, 3.63) is 52.2 Å². The second kappa shape index (κ2) is 8.65. The molecule has 1 fully saturated rings. The van der Waals surface area contributed by atoms with E-state index in [0.717, 1.165) is 66.7 Å². The van der Waals surface area contributed by atoms with Crippen LogP contribution in [-0.2, 0) is 11.2 Å². The molecule has 0 saturated carbocycles. The van der Waals surface area contributed by atoms with E-state index < -0.39 is 0 Å². The van der Waals surface area contributed by atoms with Crippen LogP contribution in [0.15, 0.2) is 35.7 Å². The smallest absolute Gasteiger partial charge is 0.222 e. The molecule has 6 nitrogen and oxygen atoms in total. The number of carbonyl (C=O) groups excluding carboxylic acids is 1. The Morgan fingerprint density at radius 3 is 2.93 bits per heavy atom. The molecule has 0 unspecified atom stereocenters. The summed E-state index contributed by atoms with van der Waals surface area (Å²) in [4.78, 5) is 23.8. The second-order valence-corrected chi connectivity index (χ2v) is 8.36. The van der Waals surface area contributed by atoms with Gasteiger partial charge in [-0.05, 0) is 32.6 Å². The summed E-state index contributed by atoms with van der Waals surface area (Å²) < 4.78 is 0. The van der Waals surface area contributed by atoms with Crippen molar-refractivity contribution in [2.24, 2.45) is 0 Å². The van der Waals surface area contributed by atoms with Crippen molar-refractivity contribution in [3.8, 4) is 11.4 Å². The summed E-state index contributed by atoms with van der Waals surface area (Å²) in [5.74, 6) is 2.07. The molecule has 1 saturated heterocycles. The van der Waals surface area contributed by atoms with Crippen LogP contribution in [0.25, 0.3) is 11.4 Å². The quantitative estimate of drug-likeness (QED) is 0.685. The highest BCUT2D eigenvalue weighted by Gasteiger charge is 2.26. The standard InChI is InChI=1S/C21H25N5OS/c1-15-22-18(14-28-15)10-5-11-19(27)26-12-6-9-17(13-26)21-23-20(24-25-21)16-7-3-2-4-8-16/h2-4,7-8,14,17H,5-6,9-13H2,1H3,(H,23,24,25)/t17-/m1/s1. The highest BCUT2D eigenvalue weighted by Crippen LogP contribution is 2.26. The minimum Gasteiger partial charge on any atom is -0.342 e. The number of nitrogens with one attached hydrogen (secondary N) is 1. The molecule has 3 heterocycles. The molecule has 1 aliphatic rings. The first-order valence-corrected chi connectivity index (χ1v) is 10.7. The van der Waals surface area contributed by atoms with Crippen LogP contribution in [0.5, 0.6) is 0 Å². The number of carbonyl (C=O) groups is 1. The maximum Gasteiger partial charge on any atom is 0.222 e. The lowest BCUT2D eigenvalue weighted by Crippen LogP contribution is -2.39. The number of hydrogen-bond acceptors (Lipinski definition) is 5. The summed E-state index contributed by atoms with van der Waals surface area (Å²) >= 11 is 1.67. The lowest BCUT2D eigenvalue weighted by atomic mass is 9.97. The molecule has 0 aliphatic carbocycles. The van der Waals surface area contributed by atoms with Gasteiger partial charge in [-0.3, -0.25) is 9.89 Å². The molecule has 3 aromatic rings. The number of aromatic amines is 1. The molecule has 0 bridgehead atoms. The molecule has 0 radical (unpaired) electrons. The van der Waals surface area contributed by atoms with Gasteiger partial charge in [0.05, 0.1) is 10.7 Å². The Bertz CT molecular complexity index is 920. The highest BCUT2D eigenvalue weighted by atomic mass is 32.1. The van der Waals surface area contributed by atoms with Gasteiger partial charge >= 0.3 is 0 Å². The molecular weight excluding hydrogens is 370 g/mol. The van der Waals surface area contributed by atoms with E-state index in [1.54, 1.807) is 11.3 Å². The van der Waals surface area contributed by atoms with Gasteiger partial charge in [0.15, 0.2) is 5.82 Å². The van der Waals surface area contributed by atoms with Gasteiger partial charge in [0.25, 0.3) is 0 Å². The van der Waals surface area contributed by atoms with E-state index in [-0.39, 0.29) is 11.8 Å². The van der Waals surface area contributed by atoms with Crippen molar-refractivity contribution in [1.29, 1.82) is 0 Å². The van der Waals surface area contributed by atoms with Crippen LogP contribution in [0.1, 0.15) is 48.1 Å². The average Bonchev–Trinajstić information content (AvgIpc) is 3.38. The summed E-state index contributed by atoms with van der Waals surface area (Å²) in [6, 6.07) is 9.97. The average molecular weight is 396 g/mol. The van der Waals surface area contributed by atoms with E-state index >= 15 is 0 Å². The molecule has 1 atom stereocenters. The topological polar surface area (TPSA) is 74.8 Å². The molecule has 4 rings (SSSR count). The van der Waals surface area contributed by atoms with Crippen LogP contribution >= 0.6 is 11.3 Å². The van der Waals surface area contributed by atoms with E-state index in [4.69, 9.17) is 4.98 Å². The number of aryl methyl sites for hydroxylation is 2. The van der Waals surface area contributed by atoms with Crippen molar-refractivity contribution >= 4 is 17.2 Å². The van der Waals surface area contributed by atoms with E-state index in [1.165, 1.54) is 0 Å². The third kappa shape index (κ3) is 4.47. The number of piperidine rings is 1. The zero-order chi connectivity index (χ0) is 19.3. The van der Waals surface area contributed by atoms with Gasteiger partial charge in [-0.1, -0.05) is 30.3 Å². The zero-order valence-electron chi connectivity index (χ0n) is 16.1. The number of benzene rings is 1. The molecule has 28 heavy (non-hydrogen) atoms. The normalized spacial score (nSPS) is 17.0. The third-order valence-corrected chi connectivity index (χ3v) is 6.01. The van der Waals surface area contributed by atoms with Crippen LogP contribution in [0.4, 0.5) is 0 Å². The van der Waals surface area contributed by atoms with E-state index in [9.17, 15) is 4.79 Å². The van der Waals surface area contributed by atoms with E-state index in [2.05, 4.69) is 20.6 Å². The van der Waals surface area contributed by atoms with Crippen molar-refractivity contribution in [3.63, 3.8) is 0 Å². The first kappa shape index (κ1) is 18.8. The van der Waals surface area contributed by atoms with Crippen LogP contribution in [0.3, 0.4) is 0 Å². The third-order valence-electron chi connectivity index (χ3n) is 5.19. The number of rotatable bonds is 6. The first-order chi connectivity index (χ1) is 13.7. The fraction of sp³-hybridized carbons (Fsp3) is 0.429. The monoisotopic (exact) mass is 395 g/mol. The molecule has 1 amide bonds. The van der Waals surface area contributed by atoms with Gasteiger partial charge in [-0.2, -0.15) is 5.10 Å². The lowest BCUT2D eigenvalue weighted by Gasteiger charge is -2.31. The number of H-pyrrole nitrogens is 1. The van der Waals surface area contributed by atoms with Gasteiger partial charge in [-0.25, -0.2) is 9.97 Å². The summed E-state index contributed by atoms with van der Waals surface area (Å²) in [7, 11) is 0. The highest BCUT2D eigenvalue weighted by molar-refractivity contribution is 7.09. The number of likely N-dealkylation sites (tertiary alicyclic amines) is 1. The van der Waals surface area contributed by atoms with Gasteiger partial charge in [0.2, 0.25) is 5.91 Å². The second-order valence-electron chi connectivity index (χ2n) is 7.30. The predicted octanol–water partition coefficient (Wildman–Crippen LogP) is 3.97. The molecular formula is C21H25N5OS. The molecule has 146 valence electrons. The van der Waals surface area contributed by atoms with Crippen molar-refractivity contribution in [2.45, 2.75) is 44.9 Å². The molecule has 2 aromatic heterocycles. The molecule has 1 aliphatic heterocycles. The number of nitrogens with zero attached hydrogens (tertiary/aromatic N) is 4. The first-order valence-electron chi connectivity index (χ1n) is 9.85.